The third kappa shape index (κ3) is 4.17. The average Bonchev–Trinajstić information content (AvgIpc) is 2.35. The number of hydrogen-bond donors (Lipinski definition) is 1. The lowest BCUT2D eigenvalue weighted by atomic mass is 9.82. The van der Waals surface area contributed by atoms with Crippen molar-refractivity contribution in [2.45, 2.75) is 70.3 Å². The van der Waals surface area contributed by atoms with E-state index in [1.54, 1.807) is 13.8 Å². The molecule has 0 aromatic heterocycles. The maximum atomic E-state index is 11.6. The van der Waals surface area contributed by atoms with E-state index >= 15 is 0 Å². The van der Waals surface area contributed by atoms with Gasteiger partial charge in [-0.05, 0) is 31.6 Å². The standard InChI is InChI=1S/C12H28O7P2/c1-5-10(9-11(13,6-2)7-3)12(8-4,20(14,15)16)21(17,18)19/h10,13H,5-9H2,1-4H3,(H2,14,15,16)(H2,17,18,19)/p-4. The fourth-order valence-electron chi connectivity index (χ4n) is 2.91. The maximum Gasteiger partial charge on any atom is 0.0645 e. The Bertz CT molecular complexity index is 399. The number of aliphatic hydroxyl groups is 1. The van der Waals surface area contributed by atoms with Crippen molar-refractivity contribution in [2.24, 2.45) is 5.92 Å². The summed E-state index contributed by atoms with van der Waals surface area (Å²) in [5, 5.41) is 10.3. The van der Waals surface area contributed by atoms with E-state index in [4.69, 9.17) is 0 Å². The van der Waals surface area contributed by atoms with Crippen molar-refractivity contribution >= 4 is 15.2 Å². The van der Waals surface area contributed by atoms with Crippen LogP contribution in [0.5, 0.6) is 0 Å². The van der Waals surface area contributed by atoms with Crippen LogP contribution in [0.1, 0.15) is 59.8 Å². The predicted molar refractivity (Wildman–Crippen MR) is 72.2 cm³/mol. The highest BCUT2D eigenvalue weighted by atomic mass is 31.2. The molecule has 0 heterocycles. The van der Waals surface area contributed by atoms with Crippen LogP contribution in [-0.2, 0) is 9.13 Å². The van der Waals surface area contributed by atoms with E-state index < -0.39 is 38.0 Å². The molecule has 0 rings (SSSR count). The molecule has 1 N–H and O–H groups in total. The van der Waals surface area contributed by atoms with Crippen molar-refractivity contribution < 1.29 is 33.8 Å². The van der Waals surface area contributed by atoms with Gasteiger partial charge in [0.25, 0.3) is 0 Å². The van der Waals surface area contributed by atoms with Gasteiger partial charge < -0.3 is 33.8 Å². The van der Waals surface area contributed by atoms with Crippen molar-refractivity contribution in [3.63, 3.8) is 0 Å². The molecular weight excluding hydrogens is 318 g/mol. The molecule has 0 saturated heterocycles. The molecule has 1 atom stereocenters. The molecule has 128 valence electrons. The molecule has 0 aliphatic rings. The highest BCUT2D eigenvalue weighted by Gasteiger charge is 2.45. The van der Waals surface area contributed by atoms with Crippen molar-refractivity contribution in [1.29, 1.82) is 0 Å². The Balaban J connectivity index is 6.03. The van der Waals surface area contributed by atoms with Crippen LogP contribution < -0.4 is 19.6 Å². The molecule has 0 saturated carbocycles. The smallest absolute Gasteiger partial charge is 0.0645 e. The minimum atomic E-state index is -5.71. The third-order valence-electron chi connectivity index (χ3n) is 4.56. The van der Waals surface area contributed by atoms with Gasteiger partial charge in [0.2, 0.25) is 0 Å². The zero-order chi connectivity index (χ0) is 17.1. The Hall–Kier alpha value is 0.260. The Morgan fingerprint density at radius 1 is 0.905 bits per heavy atom. The lowest BCUT2D eigenvalue weighted by Crippen LogP contribution is -2.52. The van der Waals surface area contributed by atoms with E-state index in [-0.39, 0.29) is 25.7 Å². The quantitative estimate of drug-likeness (QED) is 0.575. The highest BCUT2D eigenvalue weighted by Crippen LogP contribution is 2.68. The molecule has 0 amide bonds. The van der Waals surface area contributed by atoms with Gasteiger partial charge in [-0.25, -0.2) is 0 Å². The SMILES string of the molecule is CCC(CC(O)(CC)CC)C(CC)(P(=O)([O-])[O-])P(=O)([O-])[O-]. The van der Waals surface area contributed by atoms with E-state index in [1.807, 2.05) is 0 Å². The van der Waals surface area contributed by atoms with Crippen molar-refractivity contribution in [3.05, 3.63) is 0 Å². The molecule has 0 fully saturated rings. The largest absolute Gasteiger partial charge is 0.810 e. The summed E-state index contributed by atoms with van der Waals surface area (Å²) in [6.07, 6.45) is -0.288. The van der Waals surface area contributed by atoms with Crippen LogP contribution in [0.2, 0.25) is 0 Å². The summed E-state index contributed by atoms with van der Waals surface area (Å²) in [5.74, 6) is -1.23. The van der Waals surface area contributed by atoms with Gasteiger partial charge >= 0.3 is 0 Å². The second kappa shape index (κ2) is 7.22. The van der Waals surface area contributed by atoms with Gasteiger partial charge in [-0.15, -0.1) is 0 Å². The first-order valence-corrected chi connectivity index (χ1v) is 10.2. The summed E-state index contributed by atoms with van der Waals surface area (Å²) in [7, 11) is -11.4. The average molecular weight is 342 g/mol. The second-order valence-electron chi connectivity index (χ2n) is 5.47. The van der Waals surface area contributed by atoms with Crippen LogP contribution in [0.25, 0.3) is 0 Å². The van der Waals surface area contributed by atoms with Crippen molar-refractivity contribution in [3.8, 4) is 0 Å². The molecule has 0 aliphatic carbocycles. The van der Waals surface area contributed by atoms with Crippen LogP contribution in [0.15, 0.2) is 0 Å². The fourth-order valence-corrected chi connectivity index (χ4v) is 6.32. The highest BCUT2D eigenvalue weighted by molar-refractivity contribution is 7.69. The second-order valence-corrected chi connectivity index (χ2v) is 9.41. The molecule has 0 bridgehead atoms. The molecule has 0 aliphatic heterocycles. The first-order valence-electron chi connectivity index (χ1n) is 7.11. The lowest BCUT2D eigenvalue weighted by molar-refractivity contribution is -0.339. The first-order chi connectivity index (χ1) is 9.35. The van der Waals surface area contributed by atoms with Crippen LogP contribution in [0.3, 0.4) is 0 Å². The van der Waals surface area contributed by atoms with E-state index in [0.29, 0.717) is 0 Å². The van der Waals surface area contributed by atoms with E-state index in [1.165, 1.54) is 13.8 Å². The van der Waals surface area contributed by atoms with Gasteiger partial charge in [0, 0.05) is 4.90 Å². The van der Waals surface area contributed by atoms with E-state index in [2.05, 4.69) is 0 Å². The lowest BCUT2D eigenvalue weighted by Gasteiger charge is -2.63. The summed E-state index contributed by atoms with van der Waals surface area (Å²) in [6.45, 7) is 6.05. The monoisotopic (exact) mass is 342 g/mol. The normalized spacial score (nSPS) is 16.0. The number of rotatable bonds is 9. The Morgan fingerprint density at radius 3 is 1.48 bits per heavy atom. The van der Waals surface area contributed by atoms with Gasteiger partial charge in [0.05, 0.1) is 5.60 Å². The summed E-state index contributed by atoms with van der Waals surface area (Å²) in [6, 6.07) is 0. The predicted octanol–water partition coefficient (Wildman–Crippen LogP) is -0.112. The van der Waals surface area contributed by atoms with Crippen LogP contribution in [-0.4, -0.2) is 15.6 Å². The molecule has 0 aromatic rings. The molecule has 9 heteroatoms. The summed E-state index contributed by atoms with van der Waals surface area (Å²) < 4.78 is 23.2. The molecule has 7 nitrogen and oxygen atoms in total. The molecule has 0 spiro atoms. The van der Waals surface area contributed by atoms with Crippen LogP contribution >= 0.6 is 15.2 Å². The van der Waals surface area contributed by atoms with Gasteiger partial charge in [-0.1, -0.05) is 49.3 Å². The summed E-state index contributed by atoms with van der Waals surface area (Å²) >= 11 is 0. The topological polar surface area (TPSA) is 147 Å². The van der Waals surface area contributed by atoms with Gasteiger partial charge in [-0.2, -0.15) is 0 Å². The zero-order valence-corrected chi connectivity index (χ0v) is 14.7. The minimum absolute atomic E-state index is 0.000903. The van der Waals surface area contributed by atoms with Gasteiger partial charge in [0.1, 0.15) is 0 Å². The third-order valence-corrected chi connectivity index (χ3v) is 9.29. The Labute approximate surface area is 126 Å². The van der Waals surface area contributed by atoms with Gasteiger partial charge in [0.15, 0.2) is 0 Å². The van der Waals surface area contributed by atoms with E-state index in [9.17, 15) is 33.8 Å². The van der Waals surface area contributed by atoms with Crippen molar-refractivity contribution in [2.75, 3.05) is 0 Å². The van der Waals surface area contributed by atoms with E-state index in [0.717, 1.165) is 0 Å². The maximum absolute atomic E-state index is 11.6. The first kappa shape index (κ1) is 21.3. The summed E-state index contributed by atoms with van der Waals surface area (Å²) in [4.78, 5) is 43.6. The van der Waals surface area contributed by atoms with Gasteiger partial charge in [-0.3, -0.25) is 0 Å². The molecular formula is C12H24O7P2-4. The molecule has 0 radical (unpaired) electrons. The van der Waals surface area contributed by atoms with Crippen molar-refractivity contribution in [1.82, 2.24) is 0 Å². The minimum Gasteiger partial charge on any atom is -0.810 e. The fraction of sp³-hybridized carbons (Fsp3) is 1.00. The van der Waals surface area contributed by atoms with Crippen LogP contribution in [0, 0.1) is 5.92 Å². The van der Waals surface area contributed by atoms with Crippen LogP contribution in [0.4, 0.5) is 0 Å². The molecule has 1 unspecified atom stereocenters. The zero-order valence-electron chi connectivity index (χ0n) is 12.9. The summed E-state index contributed by atoms with van der Waals surface area (Å²) in [5.41, 5.74) is -1.30. The Kier molecular flexibility index (Phi) is 7.31. The number of hydrogen-bond acceptors (Lipinski definition) is 7. The molecule has 0 aromatic carbocycles. The molecule has 21 heavy (non-hydrogen) atoms. The Morgan fingerprint density at radius 2 is 1.29 bits per heavy atom.